The summed E-state index contributed by atoms with van der Waals surface area (Å²) in [4.78, 5) is 0. The SMILES string of the molecule is N#Cc1ccc(-c2ccc(OC(Cl)CCc3ccccc3)cc2)cc1. The van der Waals surface area contributed by atoms with E-state index in [-0.39, 0.29) is 5.56 Å². The first-order valence-corrected chi connectivity index (χ1v) is 8.63. The van der Waals surface area contributed by atoms with Crippen molar-refractivity contribution in [2.45, 2.75) is 18.4 Å². The highest BCUT2D eigenvalue weighted by Crippen LogP contribution is 2.24. The Balaban J connectivity index is 1.57. The van der Waals surface area contributed by atoms with E-state index in [0.717, 1.165) is 29.7 Å². The van der Waals surface area contributed by atoms with Crippen LogP contribution in [0.1, 0.15) is 17.5 Å². The van der Waals surface area contributed by atoms with Crippen molar-refractivity contribution in [1.29, 1.82) is 5.26 Å². The number of rotatable bonds is 6. The second-order valence-electron chi connectivity index (χ2n) is 5.77. The Morgan fingerprint density at radius 2 is 1.44 bits per heavy atom. The summed E-state index contributed by atoms with van der Waals surface area (Å²) in [5.74, 6) is 0.755. The number of hydrogen-bond acceptors (Lipinski definition) is 2. The van der Waals surface area contributed by atoms with Gasteiger partial charge in [0.05, 0.1) is 11.6 Å². The lowest BCUT2D eigenvalue weighted by molar-refractivity contribution is 0.271. The quantitative estimate of drug-likeness (QED) is 0.528. The average Bonchev–Trinajstić information content (AvgIpc) is 2.68. The Bertz CT molecular complexity index is 836. The molecule has 0 fully saturated rings. The first kappa shape index (κ1) is 17.1. The molecule has 0 heterocycles. The predicted octanol–water partition coefficient (Wildman–Crippen LogP) is 5.80. The molecule has 3 aromatic rings. The summed E-state index contributed by atoms with van der Waals surface area (Å²) >= 11 is 6.30. The van der Waals surface area contributed by atoms with E-state index in [4.69, 9.17) is 21.6 Å². The third kappa shape index (κ3) is 4.86. The fraction of sp³-hybridized carbons (Fsp3) is 0.136. The summed E-state index contributed by atoms with van der Waals surface area (Å²) in [6, 6.07) is 27.7. The van der Waals surface area contributed by atoms with Crippen LogP contribution in [0.25, 0.3) is 11.1 Å². The number of nitrogens with zero attached hydrogens (tertiary/aromatic N) is 1. The van der Waals surface area contributed by atoms with E-state index >= 15 is 0 Å². The summed E-state index contributed by atoms with van der Waals surface area (Å²) in [5.41, 5.74) is 3.70. The zero-order chi connectivity index (χ0) is 17.5. The minimum absolute atomic E-state index is 0.360. The summed E-state index contributed by atoms with van der Waals surface area (Å²) in [6.45, 7) is 0. The first-order chi connectivity index (χ1) is 12.2. The van der Waals surface area contributed by atoms with Crippen LogP contribution >= 0.6 is 11.6 Å². The molecule has 0 spiro atoms. The molecule has 0 N–H and O–H groups in total. The van der Waals surface area contributed by atoms with Gasteiger partial charge in [0.1, 0.15) is 5.75 Å². The van der Waals surface area contributed by atoms with Crippen molar-refractivity contribution >= 4 is 11.6 Å². The van der Waals surface area contributed by atoms with Gasteiger partial charge < -0.3 is 4.74 Å². The van der Waals surface area contributed by atoms with Gasteiger partial charge >= 0.3 is 0 Å². The lowest BCUT2D eigenvalue weighted by Crippen LogP contribution is -2.09. The molecule has 0 saturated carbocycles. The van der Waals surface area contributed by atoms with Crippen LogP contribution in [-0.2, 0) is 6.42 Å². The molecule has 3 heteroatoms. The highest BCUT2D eigenvalue weighted by Gasteiger charge is 2.07. The topological polar surface area (TPSA) is 33.0 Å². The van der Waals surface area contributed by atoms with Gasteiger partial charge in [-0.05, 0) is 47.4 Å². The molecule has 0 aliphatic heterocycles. The number of benzene rings is 3. The van der Waals surface area contributed by atoms with Crippen LogP contribution in [0.15, 0.2) is 78.9 Å². The summed E-state index contributed by atoms with van der Waals surface area (Å²) in [7, 11) is 0. The fourth-order valence-electron chi connectivity index (χ4n) is 2.59. The van der Waals surface area contributed by atoms with Crippen LogP contribution < -0.4 is 4.74 Å². The van der Waals surface area contributed by atoms with Crippen molar-refractivity contribution in [3.63, 3.8) is 0 Å². The van der Waals surface area contributed by atoms with Crippen molar-refractivity contribution in [2.75, 3.05) is 0 Å². The van der Waals surface area contributed by atoms with Crippen LogP contribution in [0.4, 0.5) is 0 Å². The molecule has 0 aliphatic rings. The first-order valence-electron chi connectivity index (χ1n) is 8.20. The van der Waals surface area contributed by atoms with Gasteiger partial charge in [0.2, 0.25) is 0 Å². The zero-order valence-corrected chi connectivity index (χ0v) is 14.5. The maximum absolute atomic E-state index is 8.86. The van der Waals surface area contributed by atoms with E-state index in [0.29, 0.717) is 5.56 Å². The molecule has 0 bridgehead atoms. The van der Waals surface area contributed by atoms with Crippen LogP contribution in [-0.4, -0.2) is 5.56 Å². The molecule has 3 aromatic carbocycles. The van der Waals surface area contributed by atoms with Gasteiger partial charge in [-0.2, -0.15) is 5.26 Å². The highest BCUT2D eigenvalue weighted by molar-refractivity contribution is 6.19. The summed E-state index contributed by atoms with van der Waals surface area (Å²) in [6.07, 6.45) is 1.64. The van der Waals surface area contributed by atoms with Crippen LogP contribution in [0.3, 0.4) is 0 Å². The van der Waals surface area contributed by atoms with E-state index in [1.165, 1.54) is 5.56 Å². The van der Waals surface area contributed by atoms with E-state index in [2.05, 4.69) is 18.2 Å². The van der Waals surface area contributed by atoms with Crippen molar-refractivity contribution in [2.24, 2.45) is 0 Å². The Kier molecular flexibility index (Phi) is 5.72. The smallest absolute Gasteiger partial charge is 0.172 e. The minimum Gasteiger partial charge on any atom is -0.475 e. The maximum atomic E-state index is 8.86. The van der Waals surface area contributed by atoms with Crippen LogP contribution in [0.5, 0.6) is 5.75 Å². The monoisotopic (exact) mass is 347 g/mol. The Labute approximate surface area is 153 Å². The number of hydrogen-bond donors (Lipinski definition) is 0. The van der Waals surface area contributed by atoms with Crippen LogP contribution in [0.2, 0.25) is 0 Å². The van der Waals surface area contributed by atoms with Gasteiger partial charge in [-0.1, -0.05) is 66.2 Å². The number of alkyl halides is 1. The lowest BCUT2D eigenvalue weighted by Gasteiger charge is -2.13. The third-order valence-corrected chi connectivity index (χ3v) is 4.28. The second kappa shape index (κ2) is 8.37. The molecule has 1 atom stereocenters. The molecule has 0 amide bonds. The Morgan fingerprint density at radius 3 is 2.04 bits per heavy atom. The molecule has 0 saturated heterocycles. The van der Waals surface area contributed by atoms with Crippen LogP contribution in [0, 0.1) is 11.3 Å². The molecule has 0 aliphatic carbocycles. The van der Waals surface area contributed by atoms with E-state index in [9.17, 15) is 0 Å². The van der Waals surface area contributed by atoms with E-state index < -0.39 is 0 Å². The standard InChI is InChI=1S/C22H18ClNO/c23-22(15-8-17-4-2-1-3-5-17)25-21-13-11-20(12-14-21)19-9-6-18(16-24)7-10-19/h1-7,9-14,22H,8,15H2. The zero-order valence-electron chi connectivity index (χ0n) is 13.7. The number of aryl methyl sites for hydroxylation is 1. The van der Waals surface area contributed by atoms with E-state index in [1.54, 1.807) is 0 Å². The molecular formula is C22H18ClNO. The molecule has 0 aromatic heterocycles. The predicted molar refractivity (Wildman–Crippen MR) is 102 cm³/mol. The molecular weight excluding hydrogens is 330 g/mol. The summed E-state index contributed by atoms with van der Waals surface area (Å²) in [5, 5.41) is 8.86. The van der Waals surface area contributed by atoms with Gasteiger partial charge in [0.15, 0.2) is 5.56 Å². The molecule has 124 valence electrons. The van der Waals surface area contributed by atoms with Crippen molar-refractivity contribution in [1.82, 2.24) is 0 Å². The molecule has 0 radical (unpaired) electrons. The maximum Gasteiger partial charge on any atom is 0.172 e. The minimum atomic E-state index is -0.360. The number of nitriles is 1. The Hall–Kier alpha value is -2.76. The molecule has 25 heavy (non-hydrogen) atoms. The van der Waals surface area contributed by atoms with E-state index in [1.807, 2.05) is 66.7 Å². The van der Waals surface area contributed by atoms with Crippen molar-refractivity contribution in [3.05, 3.63) is 90.0 Å². The highest BCUT2D eigenvalue weighted by atomic mass is 35.5. The van der Waals surface area contributed by atoms with Gasteiger partial charge in [0.25, 0.3) is 0 Å². The largest absolute Gasteiger partial charge is 0.475 e. The lowest BCUT2D eigenvalue weighted by atomic mass is 10.0. The second-order valence-corrected chi connectivity index (χ2v) is 6.25. The third-order valence-electron chi connectivity index (χ3n) is 3.97. The average molecular weight is 348 g/mol. The van der Waals surface area contributed by atoms with Gasteiger partial charge in [-0.15, -0.1) is 0 Å². The number of halogens is 1. The normalized spacial score (nSPS) is 11.5. The fourth-order valence-corrected chi connectivity index (χ4v) is 2.81. The summed E-state index contributed by atoms with van der Waals surface area (Å²) < 4.78 is 5.79. The number of ether oxygens (including phenoxy) is 1. The van der Waals surface area contributed by atoms with Gasteiger partial charge in [0, 0.05) is 6.42 Å². The Morgan fingerprint density at radius 1 is 0.840 bits per heavy atom. The molecule has 3 rings (SSSR count). The molecule has 2 nitrogen and oxygen atoms in total. The van der Waals surface area contributed by atoms with Gasteiger partial charge in [-0.25, -0.2) is 0 Å². The van der Waals surface area contributed by atoms with Crippen molar-refractivity contribution in [3.8, 4) is 22.9 Å². The van der Waals surface area contributed by atoms with Crippen molar-refractivity contribution < 1.29 is 4.74 Å². The van der Waals surface area contributed by atoms with Gasteiger partial charge in [-0.3, -0.25) is 0 Å². The molecule has 1 unspecified atom stereocenters.